The number of nitrogens with two attached hydrogens (primary N) is 1. The molecule has 3 N–H and O–H groups in total. The Balaban J connectivity index is 1.70. The highest BCUT2D eigenvalue weighted by Crippen LogP contribution is 2.08. The number of hydrogen-bond donors (Lipinski definition) is 2. The number of piperazine rings is 1. The van der Waals surface area contributed by atoms with Crippen molar-refractivity contribution in [3.8, 4) is 0 Å². The molecule has 1 aliphatic heterocycles. The fourth-order valence-corrected chi connectivity index (χ4v) is 2.44. The quantitative estimate of drug-likeness (QED) is 0.643. The Bertz CT molecular complexity index is 514. The lowest BCUT2D eigenvalue weighted by molar-refractivity contribution is -0.134. The summed E-state index contributed by atoms with van der Waals surface area (Å²) in [5, 5.41) is 13.5. The molecule has 2 heterocycles. The number of aromatic amines is 1. The van der Waals surface area contributed by atoms with Crippen LogP contribution in [-0.4, -0.2) is 81.3 Å². The van der Waals surface area contributed by atoms with Crippen LogP contribution >= 0.6 is 0 Å². The smallest absolute Gasteiger partial charge is 0.409 e. The number of tetrazole rings is 1. The monoisotopic (exact) mass is 339 g/mol. The molecule has 1 fully saturated rings. The van der Waals surface area contributed by atoms with Crippen molar-refractivity contribution >= 4 is 12.0 Å². The van der Waals surface area contributed by atoms with E-state index in [4.69, 9.17) is 10.5 Å². The van der Waals surface area contributed by atoms with E-state index in [2.05, 4.69) is 20.6 Å². The van der Waals surface area contributed by atoms with Crippen LogP contribution in [0.15, 0.2) is 0 Å². The molecule has 2 rings (SSSR count). The van der Waals surface area contributed by atoms with Crippen LogP contribution in [0.25, 0.3) is 0 Å². The molecule has 0 bridgehead atoms. The molecule has 10 heteroatoms. The molecule has 0 aromatic carbocycles. The first-order valence-electron chi connectivity index (χ1n) is 8.30. The van der Waals surface area contributed by atoms with Gasteiger partial charge >= 0.3 is 6.09 Å². The van der Waals surface area contributed by atoms with Crippen LogP contribution in [0.3, 0.4) is 0 Å². The zero-order valence-electron chi connectivity index (χ0n) is 14.0. The van der Waals surface area contributed by atoms with Crippen molar-refractivity contribution in [2.24, 2.45) is 5.73 Å². The highest BCUT2D eigenvalue weighted by Gasteiger charge is 2.27. The summed E-state index contributed by atoms with van der Waals surface area (Å²) in [6.45, 7) is 4.35. The molecule has 10 nitrogen and oxygen atoms in total. The second-order valence-electron chi connectivity index (χ2n) is 5.75. The molecule has 1 aromatic rings. The molecule has 1 saturated heterocycles. The van der Waals surface area contributed by atoms with Gasteiger partial charge in [-0.15, -0.1) is 10.2 Å². The lowest BCUT2D eigenvalue weighted by Gasteiger charge is -2.35. The first-order valence-corrected chi connectivity index (χ1v) is 8.30. The predicted molar refractivity (Wildman–Crippen MR) is 84.9 cm³/mol. The SMILES string of the molecule is CCCCOC(=O)N1CCN(C(=O)C(N)CCc2nn[nH]n2)CC1. The van der Waals surface area contributed by atoms with Crippen molar-refractivity contribution in [2.75, 3.05) is 32.8 Å². The van der Waals surface area contributed by atoms with Crippen molar-refractivity contribution in [3.63, 3.8) is 0 Å². The Labute approximate surface area is 140 Å². The van der Waals surface area contributed by atoms with Crippen molar-refractivity contribution in [3.05, 3.63) is 5.82 Å². The molecule has 0 radical (unpaired) electrons. The zero-order valence-corrected chi connectivity index (χ0v) is 14.0. The number of H-pyrrole nitrogens is 1. The summed E-state index contributed by atoms with van der Waals surface area (Å²) < 4.78 is 5.18. The van der Waals surface area contributed by atoms with Gasteiger partial charge in [0, 0.05) is 32.6 Å². The van der Waals surface area contributed by atoms with Crippen molar-refractivity contribution in [1.82, 2.24) is 30.4 Å². The lowest BCUT2D eigenvalue weighted by Crippen LogP contribution is -2.54. The number of aryl methyl sites for hydroxylation is 1. The second kappa shape index (κ2) is 9.16. The molecule has 1 atom stereocenters. The maximum atomic E-state index is 12.3. The van der Waals surface area contributed by atoms with Gasteiger partial charge in [-0.2, -0.15) is 5.21 Å². The number of nitrogens with zero attached hydrogens (tertiary/aromatic N) is 5. The predicted octanol–water partition coefficient (Wildman–Crippen LogP) is -0.459. The van der Waals surface area contributed by atoms with Gasteiger partial charge in [0.25, 0.3) is 0 Å². The Hall–Kier alpha value is -2.23. The van der Waals surface area contributed by atoms with Gasteiger partial charge in [0.2, 0.25) is 5.91 Å². The average Bonchev–Trinajstić information content (AvgIpc) is 3.13. The summed E-state index contributed by atoms with van der Waals surface area (Å²) >= 11 is 0. The average molecular weight is 339 g/mol. The van der Waals surface area contributed by atoms with Gasteiger partial charge in [-0.3, -0.25) is 4.79 Å². The minimum Gasteiger partial charge on any atom is -0.449 e. The Kier molecular flexibility index (Phi) is 6.91. The molecule has 1 aliphatic rings. The van der Waals surface area contributed by atoms with Crippen LogP contribution < -0.4 is 5.73 Å². The van der Waals surface area contributed by atoms with E-state index in [-0.39, 0.29) is 12.0 Å². The second-order valence-corrected chi connectivity index (χ2v) is 5.75. The summed E-state index contributed by atoms with van der Waals surface area (Å²) in [5.41, 5.74) is 5.96. The van der Waals surface area contributed by atoms with Crippen LogP contribution in [0.5, 0.6) is 0 Å². The van der Waals surface area contributed by atoms with Gasteiger partial charge in [-0.1, -0.05) is 18.6 Å². The molecule has 2 amide bonds. The Morgan fingerprint density at radius 2 is 2.00 bits per heavy atom. The number of hydrogen-bond acceptors (Lipinski definition) is 7. The third-order valence-electron chi connectivity index (χ3n) is 3.96. The van der Waals surface area contributed by atoms with Crippen LogP contribution in [0.4, 0.5) is 4.79 Å². The van der Waals surface area contributed by atoms with Crippen molar-refractivity contribution in [1.29, 1.82) is 0 Å². The maximum absolute atomic E-state index is 12.3. The van der Waals surface area contributed by atoms with Crippen molar-refractivity contribution in [2.45, 2.75) is 38.6 Å². The molecule has 0 saturated carbocycles. The minimum atomic E-state index is -0.605. The first-order chi connectivity index (χ1) is 11.6. The van der Waals surface area contributed by atoms with Gasteiger partial charge in [-0.05, 0) is 12.8 Å². The number of rotatable bonds is 7. The molecule has 1 unspecified atom stereocenters. The number of carbonyl (C=O) groups excluding carboxylic acids is 2. The van der Waals surface area contributed by atoms with Gasteiger partial charge in [0.1, 0.15) is 0 Å². The van der Waals surface area contributed by atoms with E-state index in [1.54, 1.807) is 9.80 Å². The normalized spacial score (nSPS) is 16.1. The van der Waals surface area contributed by atoms with Crippen LogP contribution in [0, 0.1) is 0 Å². The molecule has 0 spiro atoms. The summed E-state index contributed by atoms with van der Waals surface area (Å²) in [4.78, 5) is 27.5. The van der Waals surface area contributed by atoms with E-state index in [0.29, 0.717) is 51.5 Å². The molecular weight excluding hydrogens is 314 g/mol. The lowest BCUT2D eigenvalue weighted by atomic mass is 10.1. The van der Waals surface area contributed by atoms with E-state index in [1.165, 1.54) is 0 Å². The molecular formula is C14H25N7O3. The zero-order chi connectivity index (χ0) is 17.4. The van der Waals surface area contributed by atoms with E-state index in [9.17, 15) is 9.59 Å². The summed E-state index contributed by atoms with van der Waals surface area (Å²) in [7, 11) is 0. The van der Waals surface area contributed by atoms with E-state index < -0.39 is 6.04 Å². The summed E-state index contributed by atoms with van der Waals surface area (Å²) in [6.07, 6.45) is 2.48. The third-order valence-corrected chi connectivity index (χ3v) is 3.96. The topological polar surface area (TPSA) is 130 Å². The van der Waals surface area contributed by atoms with Gasteiger partial charge < -0.3 is 20.3 Å². The highest BCUT2D eigenvalue weighted by molar-refractivity contribution is 5.82. The number of ether oxygens (including phenoxy) is 1. The Morgan fingerprint density at radius 3 is 2.62 bits per heavy atom. The molecule has 1 aromatic heterocycles. The minimum absolute atomic E-state index is 0.113. The summed E-state index contributed by atoms with van der Waals surface area (Å²) in [6, 6.07) is -0.605. The Morgan fingerprint density at radius 1 is 1.29 bits per heavy atom. The summed E-state index contributed by atoms with van der Waals surface area (Å²) in [5.74, 6) is 0.426. The number of carbonyl (C=O) groups is 2. The van der Waals surface area contributed by atoms with Crippen LogP contribution in [-0.2, 0) is 16.0 Å². The number of unbranched alkanes of at least 4 members (excludes halogenated alkanes) is 1. The standard InChI is InChI=1S/C14H25N7O3/c1-2-3-10-24-14(23)21-8-6-20(7-9-21)13(22)11(15)4-5-12-16-18-19-17-12/h11H,2-10,15H2,1H3,(H,16,17,18,19). The van der Waals surface area contributed by atoms with Crippen LogP contribution in [0.1, 0.15) is 32.0 Å². The van der Waals surface area contributed by atoms with E-state index in [0.717, 1.165) is 12.8 Å². The van der Waals surface area contributed by atoms with Gasteiger partial charge in [0.15, 0.2) is 5.82 Å². The molecule has 0 aliphatic carbocycles. The van der Waals surface area contributed by atoms with Gasteiger partial charge in [-0.25, -0.2) is 4.79 Å². The molecule has 24 heavy (non-hydrogen) atoms. The van der Waals surface area contributed by atoms with Crippen LogP contribution in [0.2, 0.25) is 0 Å². The fraction of sp³-hybridized carbons (Fsp3) is 0.786. The maximum Gasteiger partial charge on any atom is 0.409 e. The number of aromatic nitrogens is 4. The largest absolute Gasteiger partial charge is 0.449 e. The highest BCUT2D eigenvalue weighted by atomic mass is 16.6. The van der Waals surface area contributed by atoms with Gasteiger partial charge in [0.05, 0.1) is 12.6 Å². The van der Waals surface area contributed by atoms with E-state index in [1.807, 2.05) is 6.92 Å². The van der Waals surface area contributed by atoms with Crippen molar-refractivity contribution < 1.29 is 14.3 Å². The molecule has 134 valence electrons. The first kappa shape index (κ1) is 18.1. The fourth-order valence-electron chi connectivity index (χ4n) is 2.44. The third kappa shape index (κ3) is 5.15. The number of nitrogens with one attached hydrogen (secondary N) is 1. The number of amides is 2. The van der Waals surface area contributed by atoms with E-state index >= 15 is 0 Å².